The number of hydrogen-bond donors (Lipinski definition) is 2. The number of rotatable bonds is 7. The molecule has 2 N–H and O–H groups in total. The summed E-state index contributed by atoms with van der Waals surface area (Å²) >= 11 is 0. The van der Waals surface area contributed by atoms with Crippen LogP contribution in [0.5, 0.6) is 5.75 Å². The van der Waals surface area contributed by atoms with Gasteiger partial charge in [0.25, 0.3) is 5.69 Å². The number of benzene rings is 2. The van der Waals surface area contributed by atoms with E-state index in [1.54, 1.807) is 24.3 Å². The molecule has 1 aliphatic heterocycles. The van der Waals surface area contributed by atoms with Gasteiger partial charge in [-0.15, -0.1) is 0 Å². The van der Waals surface area contributed by atoms with E-state index in [-0.39, 0.29) is 27.9 Å². The van der Waals surface area contributed by atoms with Crippen LogP contribution in [0.1, 0.15) is 25.3 Å². The van der Waals surface area contributed by atoms with Crippen molar-refractivity contribution >= 4 is 21.4 Å². The fraction of sp³-hybridized carbons (Fsp3) is 0.400. The largest absolute Gasteiger partial charge is 0.508 e. The molecule has 0 aromatic heterocycles. The molecule has 3 rings (SSSR count). The molecule has 1 heterocycles. The van der Waals surface area contributed by atoms with E-state index in [2.05, 4.69) is 5.32 Å². The van der Waals surface area contributed by atoms with Gasteiger partial charge in [-0.3, -0.25) is 10.1 Å². The Bertz CT molecular complexity index is 976. The number of anilines is 1. The predicted octanol–water partition coefficient (Wildman–Crippen LogP) is 3.38. The Morgan fingerprint density at radius 1 is 1.24 bits per heavy atom. The van der Waals surface area contributed by atoms with Crippen molar-refractivity contribution < 1.29 is 18.4 Å². The average molecular weight is 420 g/mol. The van der Waals surface area contributed by atoms with Gasteiger partial charge in [0.15, 0.2) is 0 Å². The van der Waals surface area contributed by atoms with Gasteiger partial charge in [0.05, 0.1) is 9.82 Å². The van der Waals surface area contributed by atoms with Gasteiger partial charge in [-0.1, -0.05) is 19.1 Å². The molecule has 9 heteroatoms. The van der Waals surface area contributed by atoms with E-state index >= 15 is 0 Å². The summed E-state index contributed by atoms with van der Waals surface area (Å²) < 4.78 is 27.2. The minimum absolute atomic E-state index is 0.0533. The SMILES string of the molecule is C[C@H]1CCCN(S(=O)(=O)c2ccc(NCCc3ccc(O)cc3)c([N+](=O)[O-])c2)C1. The highest BCUT2D eigenvalue weighted by atomic mass is 32.2. The summed E-state index contributed by atoms with van der Waals surface area (Å²) in [5, 5.41) is 23.9. The van der Waals surface area contributed by atoms with Gasteiger partial charge in [-0.2, -0.15) is 4.31 Å². The number of nitrogens with zero attached hydrogens (tertiary/aromatic N) is 2. The molecule has 1 atom stereocenters. The molecule has 0 saturated carbocycles. The quantitative estimate of drug-likeness (QED) is 0.525. The van der Waals surface area contributed by atoms with Crippen LogP contribution >= 0.6 is 0 Å². The number of piperidine rings is 1. The van der Waals surface area contributed by atoms with Crippen LogP contribution in [0.4, 0.5) is 11.4 Å². The molecule has 1 aliphatic rings. The van der Waals surface area contributed by atoms with E-state index in [4.69, 9.17) is 0 Å². The molecular formula is C20H25N3O5S. The van der Waals surface area contributed by atoms with Crippen LogP contribution < -0.4 is 5.32 Å². The highest BCUT2D eigenvalue weighted by molar-refractivity contribution is 7.89. The van der Waals surface area contributed by atoms with Gasteiger partial charge < -0.3 is 10.4 Å². The molecule has 0 unspecified atom stereocenters. The third-order valence-corrected chi connectivity index (χ3v) is 6.95. The topological polar surface area (TPSA) is 113 Å². The molecule has 0 radical (unpaired) electrons. The first-order valence-corrected chi connectivity index (χ1v) is 11.0. The molecule has 8 nitrogen and oxygen atoms in total. The minimum Gasteiger partial charge on any atom is -0.508 e. The lowest BCUT2D eigenvalue weighted by atomic mass is 10.0. The second-order valence-corrected chi connectivity index (χ2v) is 9.33. The van der Waals surface area contributed by atoms with Gasteiger partial charge >= 0.3 is 0 Å². The smallest absolute Gasteiger partial charge is 0.293 e. The maximum absolute atomic E-state index is 12.9. The van der Waals surface area contributed by atoms with Crippen molar-refractivity contribution in [2.24, 2.45) is 5.92 Å². The molecular weight excluding hydrogens is 394 g/mol. The van der Waals surface area contributed by atoms with Crippen molar-refractivity contribution in [3.8, 4) is 5.75 Å². The van der Waals surface area contributed by atoms with Gasteiger partial charge in [-0.05, 0) is 55.0 Å². The molecule has 29 heavy (non-hydrogen) atoms. The van der Waals surface area contributed by atoms with E-state index < -0.39 is 14.9 Å². The van der Waals surface area contributed by atoms with E-state index in [0.717, 1.165) is 24.5 Å². The normalized spacial score (nSPS) is 17.8. The summed E-state index contributed by atoms with van der Waals surface area (Å²) in [7, 11) is -3.76. The predicted molar refractivity (Wildman–Crippen MR) is 111 cm³/mol. The van der Waals surface area contributed by atoms with Gasteiger partial charge in [0, 0.05) is 25.7 Å². The van der Waals surface area contributed by atoms with Crippen LogP contribution in [0.2, 0.25) is 0 Å². The monoisotopic (exact) mass is 419 g/mol. The first kappa shape index (κ1) is 21.1. The van der Waals surface area contributed by atoms with Crippen LogP contribution in [-0.2, 0) is 16.4 Å². The molecule has 0 bridgehead atoms. The van der Waals surface area contributed by atoms with E-state index in [1.165, 1.54) is 16.4 Å². The van der Waals surface area contributed by atoms with Crippen molar-refractivity contribution in [1.82, 2.24) is 4.31 Å². The molecule has 0 aliphatic carbocycles. The van der Waals surface area contributed by atoms with Crippen LogP contribution in [0.15, 0.2) is 47.4 Å². The zero-order valence-electron chi connectivity index (χ0n) is 16.2. The number of hydrogen-bond acceptors (Lipinski definition) is 6. The summed E-state index contributed by atoms with van der Waals surface area (Å²) in [5.74, 6) is 0.451. The summed E-state index contributed by atoms with van der Waals surface area (Å²) in [4.78, 5) is 10.9. The maximum Gasteiger partial charge on any atom is 0.293 e. The van der Waals surface area contributed by atoms with Crippen molar-refractivity contribution in [2.45, 2.75) is 31.1 Å². The first-order chi connectivity index (χ1) is 13.8. The van der Waals surface area contributed by atoms with Gasteiger partial charge in [-0.25, -0.2) is 8.42 Å². The molecule has 0 spiro atoms. The summed E-state index contributed by atoms with van der Waals surface area (Å²) in [5.41, 5.74) is 0.984. The number of nitro groups is 1. The fourth-order valence-electron chi connectivity index (χ4n) is 3.49. The number of phenols is 1. The summed E-state index contributed by atoms with van der Waals surface area (Å²) in [6, 6.07) is 10.7. The summed E-state index contributed by atoms with van der Waals surface area (Å²) in [6.07, 6.45) is 2.37. The lowest BCUT2D eigenvalue weighted by Crippen LogP contribution is -2.39. The van der Waals surface area contributed by atoms with E-state index in [0.29, 0.717) is 26.1 Å². The number of nitro benzene ring substituents is 1. The molecule has 2 aromatic carbocycles. The minimum atomic E-state index is -3.76. The van der Waals surface area contributed by atoms with Gasteiger partial charge in [0.1, 0.15) is 11.4 Å². The summed E-state index contributed by atoms with van der Waals surface area (Å²) in [6.45, 7) is 3.31. The van der Waals surface area contributed by atoms with Crippen LogP contribution in [0.3, 0.4) is 0 Å². The van der Waals surface area contributed by atoms with Gasteiger partial charge in [0.2, 0.25) is 10.0 Å². The molecule has 0 amide bonds. The second kappa shape index (κ2) is 8.79. The Morgan fingerprint density at radius 2 is 1.97 bits per heavy atom. The van der Waals surface area contributed by atoms with Crippen molar-refractivity contribution in [1.29, 1.82) is 0 Å². The Hall–Kier alpha value is -2.65. The standard InChI is InChI=1S/C20H25N3O5S/c1-15-3-2-12-22(14-15)29(27,28)18-8-9-19(20(13-18)23(25)26)21-11-10-16-4-6-17(24)7-5-16/h4-9,13,15,21,24H,2-3,10-12,14H2,1H3/t15-/m0/s1. The zero-order chi connectivity index (χ0) is 21.0. The number of aromatic hydroxyl groups is 1. The Morgan fingerprint density at radius 3 is 2.62 bits per heavy atom. The molecule has 2 aromatic rings. The van der Waals surface area contributed by atoms with Crippen LogP contribution in [-0.4, -0.2) is 42.4 Å². The number of phenolic OH excluding ortho intramolecular Hbond substituents is 1. The van der Waals surface area contributed by atoms with Crippen LogP contribution in [0, 0.1) is 16.0 Å². The third kappa shape index (κ3) is 5.04. The molecule has 1 fully saturated rings. The maximum atomic E-state index is 12.9. The highest BCUT2D eigenvalue weighted by Crippen LogP contribution is 2.30. The average Bonchev–Trinajstić information content (AvgIpc) is 2.69. The van der Waals surface area contributed by atoms with Crippen molar-refractivity contribution in [3.63, 3.8) is 0 Å². The zero-order valence-corrected chi connectivity index (χ0v) is 17.1. The van der Waals surface area contributed by atoms with Crippen molar-refractivity contribution in [2.75, 3.05) is 25.0 Å². The van der Waals surface area contributed by atoms with Crippen LogP contribution in [0.25, 0.3) is 0 Å². The Balaban J connectivity index is 1.76. The molecule has 156 valence electrons. The van der Waals surface area contributed by atoms with E-state index in [1.807, 2.05) is 6.92 Å². The Kier molecular flexibility index (Phi) is 6.39. The lowest BCUT2D eigenvalue weighted by Gasteiger charge is -2.30. The first-order valence-electron chi connectivity index (χ1n) is 9.58. The van der Waals surface area contributed by atoms with E-state index in [9.17, 15) is 23.6 Å². The highest BCUT2D eigenvalue weighted by Gasteiger charge is 2.30. The number of sulfonamides is 1. The second-order valence-electron chi connectivity index (χ2n) is 7.39. The lowest BCUT2D eigenvalue weighted by molar-refractivity contribution is -0.384. The third-order valence-electron chi connectivity index (χ3n) is 5.09. The molecule has 1 saturated heterocycles. The fourth-order valence-corrected chi connectivity index (χ4v) is 5.11. The number of nitrogens with one attached hydrogen (secondary N) is 1. The van der Waals surface area contributed by atoms with Crippen molar-refractivity contribution in [3.05, 3.63) is 58.1 Å². The Labute approximate surface area is 170 Å².